The van der Waals surface area contributed by atoms with Gasteiger partial charge in [-0.2, -0.15) is 5.21 Å². The third-order valence-corrected chi connectivity index (χ3v) is 4.36. The number of nitrogens with zero attached hydrogens (tertiary/aromatic N) is 5. The first-order valence-corrected chi connectivity index (χ1v) is 7.94. The Morgan fingerprint density at radius 2 is 2.21 bits per heavy atom. The quantitative estimate of drug-likeness (QED) is 0.762. The molecule has 2 N–H and O–H groups in total. The maximum atomic E-state index is 13.0. The van der Waals surface area contributed by atoms with Crippen LogP contribution < -0.4 is 0 Å². The van der Waals surface area contributed by atoms with E-state index in [1.807, 2.05) is 35.4 Å². The van der Waals surface area contributed by atoms with Crippen LogP contribution in [0.3, 0.4) is 0 Å². The van der Waals surface area contributed by atoms with Crippen molar-refractivity contribution in [3.05, 3.63) is 48.0 Å². The van der Waals surface area contributed by atoms with E-state index < -0.39 is 0 Å². The number of rotatable bonds is 3. The van der Waals surface area contributed by atoms with E-state index in [0.717, 1.165) is 25.2 Å². The SMILES string of the molecule is O=C(c1ccccc1-c1nn[nH]n1)N1CCC[C@@H](c2ncc[nH]2)C1. The second kappa shape index (κ2) is 6.23. The molecule has 1 fully saturated rings. The first-order valence-electron chi connectivity index (χ1n) is 7.94. The molecule has 0 saturated carbocycles. The fourth-order valence-corrected chi connectivity index (χ4v) is 3.20. The smallest absolute Gasteiger partial charge is 0.254 e. The molecule has 3 aromatic rings. The third kappa shape index (κ3) is 2.66. The largest absolute Gasteiger partial charge is 0.348 e. The number of aromatic nitrogens is 6. The minimum Gasteiger partial charge on any atom is -0.348 e. The Morgan fingerprint density at radius 3 is 3.00 bits per heavy atom. The van der Waals surface area contributed by atoms with E-state index >= 15 is 0 Å². The van der Waals surface area contributed by atoms with Crippen molar-refractivity contribution in [1.29, 1.82) is 0 Å². The lowest BCUT2D eigenvalue weighted by Crippen LogP contribution is -2.39. The van der Waals surface area contributed by atoms with E-state index in [1.165, 1.54) is 0 Å². The molecule has 1 aromatic carbocycles. The summed E-state index contributed by atoms with van der Waals surface area (Å²) in [5.41, 5.74) is 1.29. The first-order chi connectivity index (χ1) is 11.8. The van der Waals surface area contributed by atoms with Crippen molar-refractivity contribution in [2.24, 2.45) is 0 Å². The van der Waals surface area contributed by atoms with Crippen LogP contribution in [0.1, 0.15) is 34.9 Å². The lowest BCUT2D eigenvalue weighted by molar-refractivity contribution is 0.0705. The number of carbonyl (C=O) groups excluding carboxylic acids is 1. The third-order valence-electron chi connectivity index (χ3n) is 4.36. The zero-order chi connectivity index (χ0) is 16.4. The second-order valence-corrected chi connectivity index (χ2v) is 5.85. The molecule has 8 heteroatoms. The summed E-state index contributed by atoms with van der Waals surface area (Å²) < 4.78 is 0. The highest BCUT2D eigenvalue weighted by atomic mass is 16.2. The fourth-order valence-electron chi connectivity index (χ4n) is 3.20. The highest BCUT2D eigenvalue weighted by Gasteiger charge is 2.28. The number of hydrogen-bond donors (Lipinski definition) is 2. The summed E-state index contributed by atoms with van der Waals surface area (Å²) in [6, 6.07) is 7.37. The first kappa shape index (κ1) is 14.6. The van der Waals surface area contributed by atoms with Gasteiger partial charge < -0.3 is 9.88 Å². The Morgan fingerprint density at radius 1 is 1.29 bits per heavy atom. The summed E-state index contributed by atoms with van der Waals surface area (Å²) in [6.45, 7) is 1.41. The number of aromatic amines is 2. The average Bonchev–Trinajstić information content (AvgIpc) is 3.35. The lowest BCUT2D eigenvalue weighted by atomic mass is 9.96. The Balaban J connectivity index is 1.60. The van der Waals surface area contributed by atoms with Crippen molar-refractivity contribution in [1.82, 2.24) is 35.5 Å². The summed E-state index contributed by atoms with van der Waals surface area (Å²) in [5.74, 6) is 1.61. The predicted molar refractivity (Wildman–Crippen MR) is 86.1 cm³/mol. The van der Waals surface area contributed by atoms with Gasteiger partial charge in [0.25, 0.3) is 5.91 Å². The molecule has 0 bridgehead atoms. The van der Waals surface area contributed by atoms with E-state index in [0.29, 0.717) is 23.5 Å². The second-order valence-electron chi connectivity index (χ2n) is 5.85. The van der Waals surface area contributed by atoms with Gasteiger partial charge in [-0.1, -0.05) is 18.2 Å². The highest BCUT2D eigenvalue weighted by Crippen LogP contribution is 2.27. The lowest BCUT2D eigenvalue weighted by Gasteiger charge is -2.32. The number of H-pyrrole nitrogens is 2. The summed E-state index contributed by atoms with van der Waals surface area (Å²) in [5, 5.41) is 14.0. The van der Waals surface area contributed by atoms with Crippen LogP contribution in [0.2, 0.25) is 0 Å². The van der Waals surface area contributed by atoms with Crippen molar-refractivity contribution >= 4 is 5.91 Å². The number of piperidine rings is 1. The van der Waals surface area contributed by atoms with E-state index in [9.17, 15) is 4.79 Å². The molecule has 3 heterocycles. The average molecular weight is 323 g/mol. The Hall–Kier alpha value is -3.03. The van der Waals surface area contributed by atoms with Gasteiger partial charge >= 0.3 is 0 Å². The fraction of sp³-hybridized carbons (Fsp3) is 0.312. The Labute approximate surface area is 138 Å². The summed E-state index contributed by atoms with van der Waals surface area (Å²) in [7, 11) is 0. The van der Waals surface area contributed by atoms with Gasteiger partial charge in [0.05, 0.1) is 5.56 Å². The van der Waals surface area contributed by atoms with E-state index in [2.05, 4.69) is 30.6 Å². The molecule has 8 nitrogen and oxygen atoms in total. The predicted octanol–water partition coefficient (Wildman–Crippen LogP) is 1.61. The molecule has 0 unspecified atom stereocenters. The minimum atomic E-state index is -0.00773. The molecule has 2 aromatic heterocycles. The van der Waals surface area contributed by atoms with Crippen LogP contribution in [0, 0.1) is 0 Å². The molecule has 24 heavy (non-hydrogen) atoms. The van der Waals surface area contributed by atoms with Crippen LogP contribution in [-0.4, -0.2) is 54.5 Å². The van der Waals surface area contributed by atoms with Gasteiger partial charge in [-0.15, -0.1) is 10.2 Å². The molecule has 0 aliphatic carbocycles. The van der Waals surface area contributed by atoms with Gasteiger partial charge in [0, 0.05) is 37.0 Å². The molecule has 0 radical (unpaired) electrons. The zero-order valence-electron chi connectivity index (χ0n) is 13.0. The minimum absolute atomic E-state index is 0.00773. The van der Waals surface area contributed by atoms with Crippen LogP contribution in [0.4, 0.5) is 0 Å². The van der Waals surface area contributed by atoms with Gasteiger partial charge in [0.15, 0.2) is 0 Å². The van der Waals surface area contributed by atoms with Gasteiger partial charge in [0.2, 0.25) is 5.82 Å². The molecular weight excluding hydrogens is 306 g/mol. The maximum Gasteiger partial charge on any atom is 0.254 e. The maximum absolute atomic E-state index is 13.0. The van der Waals surface area contributed by atoms with Crippen LogP contribution in [0.25, 0.3) is 11.4 Å². The highest BCUT2D eigenvalue weighted by molar-refractivity contribution is 6.00. The van der Waals surface area contributed by atoms with Crippen molar-refractivity contribution in [2.75, 3.05) is 13.1 Å². The van der Waals surface area contributed by atoms with Gasteiger partial charge in [0.1, 0.15) is 5.82 Å². The molecule has 1 amide bonds. The summed E-state index contributed by atoms with van der Waals surface area (Å²) in [4.78, 5) is 22.4. The molecule has 1 saturated heterocycles. The number of hydrogen-bond acceptors (Lipinski definition) is 5. The molecule has 4 rings (SSSR count). The number of likely N-dealkylation sites (tertiary alicyclic amines) is 1. The van der Waals surface area contributed by atoms with Crippen molar-refractivity contribution in [3.63, 3.8) is 0 Å². The number of tetrazole rings is 1. The number of benzene rings is 1. The summed E-state index contributed by atoms with van der Waals surface area (Å²) in [6.07, 6.45) is 5.56. The van der Waals surface area contributed by atoms with Crippen molar-refractivity contribution < 1.29 is 4.79 Å². The van der Waals surface area contributed by atoms with Gasteiger partial charge in [-0.05, 0) is 24.1 Å². The number of carbonyl (C=O) groups is 1. The van der Waals surface area contributed by atoms with Crippen LogP contribution in [0.15, 0.2) is 36.7 Å². The molecule has 1 aliphatic heterocycles. The van der Waals surface area contributed by atoms with E-state index in [4.69, 9.17) is 0 Å². The van der Waals surface area contributed by atoms with Crippen LogP contribution in [0.5, 0.6) is 0 Å². The van der Waals surface area contributed by atoms with Crippen molar-refractivity contribution in [3.8, 4) is 11.4 Å². The number of amides is 1. The van der Waals surface area contributed by atoms with Gasteiger partial charge in [-0.25, -0.2) is 4.98 Å². The van der Waals surface area contributed by atoms with Crippen molar-refractivity contribution in [2.45, 2.75) is 18.8 Å². The number of imidazole rings is 1. The van der Waals surface area contributed by atoms with Gasteiger partial charge in [-0.3, -0.25) is 4.79 Å². The molecule has 1 aliphatic rings. The normalized spacial score (nSPS) is 17.8. The molecule has 1 atom stereocenters. The molecule has 122 valence electrons. The monoisotopic (exact) mass is 323 g/mol. The van der Waals surface area contributed by atoms with Crippen LogP contribution in [-0.2, 0) is 0 Å². The van der Waals surface area contributed by atoms with Crippen LogP contribution >= 0.6 is 0 Å². The standard InChI is InChI=1S/C16H17N7O/c24-16(13-6-2-1-5-12(13)15-19-21-22-20-15)23-9-3-4-11(10-23)14-17-7-8-18-14/h1-2,5-8,11H,3-4,9-10H2,(H,17,18)(H,19,20,21,22)/t11-/m1/s1. The summed E-state index contributed by atoms with van der Waals surface area (Å²) >= 11 is 0. The number of nitrogens with one attached hydrogen (secondary N) is 2. The molecule has 0 spiro atoms. The van der Waals surface area contributed by atoms with E-state index in [1.54, 1.807) is 6.20 Å². The van der Waals surface area contributed by atoms with E-state index in [-0.39, 0.29) is 11.8 Å². The molecular formula is C16H17N7O. The zero-order valence-corrected chi connectivity index (χ0v) is 13.0. The Kier molecular flexibility index (Phi) is 3.78. The Bertz CT molecular complexity index is 813. The topological polar surface area (TPSA) is 103 Å².